The Labute approximate surface area is 203 Å². The molecule has 0 radical (unpaired) electrons. The lowest BCUT2D eigenvalue weighted by molar-refractivity contribution is -0.113. The van der Waals surface area contributed by atoms with Gasteiger partial charge in [0.2, 0.25) is 0 Å². The van der Waals surface area contributed by atoms with E-state index < -0.39 is 12.1 Å². The number of carbonyl (C=O) groups is 2. The van der Waals surface area contributed by atoms with E-state index in [9.17, 15) is 9.59 Å². The average molecular weight is 474 g/mol. The number of ether oxygens (including phenoxy) is 3. The molecule has 1 aliphatic rings. The number of allylic oxidation sites excluding steroid dienone is 1. The predicted octanol–water partition coefficient (Wildman–Crippen LogP) is 4.55. The fourth-order valence-corrected chi connectivity index (χ4v) is 3.90. The summed E-state index contributed by atoms with van der Waals surface area (Å²) in [5.74, 6) is 1.22. The molecule has 4 rings (SSSR count). The Morgan fingerprint density at radius 3 is 2.37 bits per heavy atom. The Morgan fingerprint density at radius 2 is 1.63 bits per heavy atom. The van der Waals surface area contributed by atoms with Crippen LogP contribution in [0, 0.1) is 0 Å². The highest BCUT2D eigenvalue weighted by Gasteiger charge is 2.32. The fourth-order valence-electron chi connectivity index (χ4n) is 3.90. The summed E-state index contributed by atoms with van der Waals surface area (Å²) in [5, 5.41) is 8.41. The van der Waals surface area contributed by atoms with Gasteiger partial charge in [-0.2, -0.15) is 0 Å². The van der Waals surface area contributed by atoms with Gasteiger partial charge in [-0.1, -0.05) is 48.5 Å². The monoisotopic (exact) mass is 473 g/mol. The van der Waals surface area contributed by atoms with Gasteiger partial charge in [0.05, 0.1) is 31.5 Å². The van der Waals surface area contributed by atoms with Crippen LogP contribution in [0.25, 0.3) is 0 Å². The van der Waals surface area contributed by atoms with E-state index in [0.29, 0.717) is 46.4 Å². The average Bonchev–Trinajstić information content (AvgIpc) is 2.87. The number of para-hydroxylation sites is 2. The van der Waals surface area contributed by atoms with Crippen LogP contribution in [0.2, 0.25) is 0 Å². The van der Waals surface area contributed by atoms with E-state index >= 15 is 0 Å². The van der Waals surface area contributed by atoms with Gasteiger partial charge in [0.15, 0.2) is 11.5 Å². The van der Waals surface area contributed by atoms with Crippen molar-refractivity contribution < 1.29 is 23.8 Å². The number of hydrogen-bond donors (Lipinski definition) is 3. The zero-order valence-corrected chi connectivity index (χ0v) is 19.8. The number of methoxy groups -OCH3 is 2. The molecule has 8 heteroatoms. The molecule has 0 unspecified atom stereocenters. The third kappa shape index (κ3) is 5.38. The number of benzene rings is 3. The minimum absolute atomic E-state index is 0.368. The van der Waals surface area contributed by atoms with Gasteiger partial charge in [0.25, 0.3) is 5.91 Å². The van der Waals surface area contributed by atoms with Crippen molar-refractivity contribution in [3.8, 4) is 17.2 Å². The first-order valence-corrected chi connectivity index (χ1v) is 11.1. The largest absolute Gasteiger partial charge is 0.495 e. The summed E-state index contributed by atoms with van der Waals surface area (Å²) in [6.07, 6.45) is 0. The van der Waals surface area contributed by atoms with Crippen molar-refractivity contribution in [1.29, 1.82) is 0 Å². The Morgan fingerprint density at radius 1 is 0.914 bits per heavy atom. The lowest BCUT2D eigenvalue weighted by Crippen LogP contribution is -2.46. The number of hydrogen-bond acceptors (Lipinski definition) is 5. The minimum Gasteiger partial charge on any atom is -0.495 e. The van der Waals surface area contributed by atoms with E-state index in [1.54, 1.807) is 44.4 Å². The molecule has 0 spiro atoms. The molecule has 0 aliphatic carbocycles. The molecule has 180 valence electrons. The molecule has 0 fully saturated rings. The molecule has 1 atom stereocenters. The van der Waals surface area contributed by atoms with E-state index in [4.69, 9.17) is 14.2 Å². The second-order valence-corrected chi connectivity index (χ2v) is 7.91. The van der Waals surface area contributed by atoms with Crippen LogP contribution in [-0.4, -0.2) is 26.2 Å². The fraction of sp³-hybridized carbons (Fsp3) is 0.185. The van der Waals surface area contributed by atoms with E-state index in [2.05, 4.69) is 16.0 Å². The third-order valence-electron chi connectivity index (χ3n) is 5.63. The van der Waals surface area contributed by atoms with Crippen molar-refractivity contribution in [2.45, 2.75) is 19.6 Å². The van der Waals surface area contributed by atoms with Crippen LogP contribution >= 0.6 is 0 Å². The predicted molar refractivity (Wildman–Crippen MR) is 133 cm³/mol. The minimum atomic E-state index is -0.699. The van der Waals surface area contributed by atoms with Gasteiger partial charge in [-0.05, 0) is 42.3 Å². The maximum Gasteiger partial charge on any atom is 0.319 e. The maximum absolute atomic E-state index is 13.3. The van der Waals surface area contributed by atoms with Crippen LogP contribution in [0.3, 0.4) is 0 Å². The summed E-state index contributed by atoms with van der Waals surface area (Å²) in [7, 11) is 3.08. The first-order valence-electron chi connectivity index (χ1n) is 11.1. The Balaban J connectivity index is 1.61. The van der Waals surface area contributed by atoms with Crippen LogP contribution < -0.4 is 30.2 Å². The molecule has 3 aromatic carbocycles. The van der Waals surface area contributed by atoms with Gasteiger partial charge >= 0.3 is 6.03 Å². The molecule has 3 aromatic rings. The van der Waals surface area contributed by atoms with Crippen LogP contribution in [0.4, 0.5) is 10.5 Å². The lowest BCUT2D eigenvalue weighted by atomic mass is 9.94. The first-order chi connectivity index (χ1) is 17.0. The Kier molecular flexibility index (Phi) is 7.21. The molecule has 0 saturated carbocycles. The van der Waals surface area contributed by atoms with Gasteiger partial charge in [0.1, 0.15) is 12.4 Å². The smallest absolute Gasteiger partial charge is 0.319 e. The molecule has 8 nitrogen and oxygen atoms in total. The number of carbonyl (C=O) groups excluding carboxylic acids is 2. The van der Waals surface area contributed by atoms with Crippen molar-refractivity contribution in [2.24, 2.45) is 0 Å². The summed E-state index contributed by atoms with van der Waals surface area (Å²) in [6.45, 7) is 2.07. The van der Waals surface area contributed by atoms with E-state index in [1.807, 2.05) is 42.5 Å². The van der Waals surface area contributed by atoms with E-state index in [1.165, 1.54) is 7.11 Å². The number of urea groups is 1. The molecule has 3 N–H and O–H groups in total. The van der Waals surface area contributed by atoms with Crippen molar-refractivity contribution in [1.82, 2.24) is 10.6 Å². The molecule has 3 amide bonds. The molecular formula is C27H27N3O5. The zero-order chi connectivity index (χ0) is 24.8. The van der Waals surface area contributed by atoms with E-state index in [0.717, 1.165) is 5.56 Å². The molecule has 1 aliphatic heterocycles. The van der Waals surface area contributed by atoms with Crippen molar-refractivity contribution >= 4 is 17.6 Å². The summed E-state index contributed by atoms with van der Waals surface area (Å²) in [6, 6.07) is 21.2. The maximum atomic E-state index is 13.3. The first kappa shape index (κ1) is 23.7. The molecule has 1 heterocycles. The van der Waals surface area contributed by atoms with E-state index in [-0.39, 0.29) is 5.91 Å². The highest BCUT2D eigenvalue weighted by Crippen LogP contribution is 2.35. The summed E-state index contributed by atoms with van der Waals surface area (Å²) in [5.41, 5.74) is 3.05. The van der Waals surface area contributed by atoms with Crippen molar-refractivity contribution in [3.05, 3.63) is 95.2 Å². The highest BCUT2D eigenvalue weighted by molar-refractivity contribution is 6.07. The molecule has 0 aromatic heterocycles. The standard InChI is InChI=1S/C27H27N3O5/c1-17-24(26(31)29-20-11-7-8-12-21(20)33-2)25(30-27(32)28-17)19-13-14-22(23(15-19)34-3)35-16-18-9-5-4-6-10-18/h4-15,25H,16H2,1-3H3,(H,29,31)(H2,28,30,32)/t25-/m1/s1. The lowest BCUT2D eigenvalue weighted by Gasteiger charge is -2.29. The molecule has 0 bridgehead atoms. The Bertz CT molecular complexity index is 1260. The van der Waals surface area contributed by atoms with Gasteiger partial charge in [-0.3, -0.25) is 4.79 Å². The van der Waals surface area contributed by atoms with Gasteiger partial charge in [-0.25, -0.2) is 4.79 Å². The second-order valence-electron chi connectivity index (χ2n) is 7.91. The van der Waals surface area contributed by atoms with Crippen LogP contribution in [0.1, 0.15) is 24.1 Å². The number of rotatable bonds is 8. The number of anilines is 1. The number of nitrogens with one attached hydrogen (secondary N) is 3. The molecule has 0 saturated heterocycles. The molecule has 35 heavy (non-hydrogen) atoms. The topological polar surface area (TPSA) is 97.9 Å². The Hall–Kier alpha value is -4.46. The van der Waals surface area contributed by atoms with Gasteiger partial charge < -0.3 is 30.2 Å². The number of amides is 3. The van der Waals surface area contributed by atoms with Crippen LogP contribution in [-0.2, 0) is 11.4 Å². The molecular weight excluding hydrogens is 446 g/mol. The second kappa shape index (κ2) is 10.6. The zero-order valence-electron chi connectivity index (χ0n) is 19.8. The van der Waals surface area contributed by atoms with Crippen molar-refractivity contribution in [2.75, 3.05) is 19.5 Å². The summed E-state index contributed by atoms with van der Waals surface area (Å²) >= 11 is 0. The highest BCUT2D eigenvalue weighted by atomic mass is 16.5. The van der Waals surface area contributed by atoms with Crippen LogP contribution in [0.5, 0.6) is 17.2 Å². The quantitative estimate of drug-likeness (QED) is 0.446. The SMILES string of the molecule is COc1ccccc1NC(=O)C1=C(C)NC(=O)N[C@@H]1c1ccc(OCc2ccccc2)c(OC)c1. The van der Waals surface area contributed by atoms with Gasteiger partial charge in [-0.15, -0.1) is 0 Å². The summed E-state index contributed by atoms with van der Waals surface area (Å²) < 4.78 is 16.8. The normalized spacial score (nSPS) is 15.1. The van der Waals surface area contributed by atoms with Gasteiger partial charge in [0, 0.05) is 5.70 Å². The summed E-state index contributed by atoms with van der Waals surface area (Å²) in [4.78, 5) is 25.6. The van der Waals surface area contributed by atoms with Crippen LogP contribution in [0.15, 0.2) is 84.1 Å². The van der Waals surface area contributed by atoms with Crippen molar-refractivity contribution in [3.63, 3.8) is 0 Å². The third-order valence-corrected chi connectivity index (χ3v) is 5.63.